The second-order valence-corrected chi connectivity index (χ2v) is 7.65. The molecule has 0 spiro atoms. The summed E-state index contributed by atoms with van der Waals surface area (Å²) in [5.74, 6) is 1.20. The van der Waals surface area contributed by atoms with Crippen LogP contribution >= 0.6 is 12.2 Å². The van der Waals surface area contributed by atoms with Gasteiger partial charge >= 0.3 is 16.2 Å². The molecule has 2 aromatic carbocycles. The number of para-hydroxylation sites is 2. The largest absolute Gasteiger partial charge is 0.427 e. The summed E-state index contributed by atoms with van der Waals surface area (Å²) in [5.41, 5.74) is 2.79. The van der Waals surface area contributed by atoms with Crippen LogP contribution in [0, 0.1) is 28.9 Å². The maximum absolute atomic E-state index is 13.3. The summed E-state index contributed by atoms with van der Waals surface area (Å²) in [7, 11) is -4.94. The first-order valence-corrected chi connectivity index (χ1v) is 10.6. The van der Waals surface area contributed by atoms with E-state index in [9.17, 15) is 4.79 Å². The molecule has 0 radical (unpaired) electrons. The molecule has 160 valence electrons. The molecule has 0 aliphatic carbocycles. The minimum Gasteiger partial charge on any atom is -0.427 e. The second-order valence-electron chi connectivity index (χ2n) is 6.53. The van der Waals surface area contributed by atoms with Gasteiger partial charge in [0.15, 0.2) is 5.56 Å². The summed E-state index contributed by atoms with van der Waals surface area (Å²) in [6.07, 6.45) is 0. The molecule has 0 amide bonds. The van der Waals surface area contributed by atoms with Crippen LogP contribution in [0.25, 0.3) is 22.8 Å². The fourth-order valence-corrected chi connectivity index (χ4v) is 3.57. The zero-order chi connectivity index (χ0) is 22.8. The fraction of sp³-hybridized carbons (Fsp3) is 0.0952. The van der Waals surface area contributed by atoms with Gasteiger partial charge in [0.1, 0.15) is 17.1 Å². The Morgan fingerprint density at radius 1 is 0.935 bits per heavy atom. The highest BCUT2D eigenvalue weighted by atomic mass is 35.7. The maximum atomic E-state index is 13.3. The molecule has 0 aromatic heterocycles. The van der Waals surface area contributed by atoms with Gasteiger partial charge in [-0.2, -0.15) is 0 Å². The van der Waals surface area contributed by atoms with Gasteiger partial charge in [-0.15, -0.1) is 19.4 Å². The lowest BCUT2D eigenvalue weighted by molar-refractivity contribution is -2.00. The molecule has 8 nitrogen and oxygen atoms in total. The van der Waals surface area contributed by atoms with Gasteiger partial charge in [0.05, 0.1) is 0 Å². The average molecular weight is 461 g/mol. The Balaban J connectivity index is 0.000000491. The van der Waals surface area contributed by atoms with Crippen LogP contribution in [-0.4, -0.2) is 4.57 Å². The molecule has 2 aliphatic heterocycles. The molecule has 2 aliphatic rings. The average Bonchev–Trinajstić information content (AvgIpc) is 2.68. The van der Waals surface area contributed by atoms with Crippen LogP contribution in [0.4, 0.5) is 0 Å². The summed E-state index contributed by atoms with van der Waals surface area (Å²) in [6, 6.07) is 21.0. The smallest absolute Gasteiger partial charge is 0.367 e. The standard InChI is InChI=1S/C21H17N2O2S.ClHO4/c1-14-13-15(2)25-20-18(14)19(24)22(16-9-5-3-6-10-16)21(26)23(20)17-11-7-4-8-12-17;2-1(3,4)5/h3-13H,1-2H3;(H,2,3,4,5)/q+1;/p-1. The molecule has 0 unspecified atom stereocenters. The molecular formula is C21H17ClN2O6S. The van der Waals surface area contributed by atoms with Gasteiger partial charge in [-0.3, -0.25) is 0 Å². The summed E-state index contributed by atoms with van der Waals surface area (Å²) in [4.78, 5) is 13.3. The molecule has 0 atom stereocenters. The van der Waals surface area contributed by atoms with Gasteiger partial charge in [-0.1, -0.05) is 36.4 Å². The maximum Gasteiger partial charge on any atom is 0.367 e. The number of aryl methyl sites for hydroxylation is 2. The number of halogens is 1. The summed E-state index contributed by atoms with van der Waals surface area (Å²) >= 11 is 5.72. The number of hydrogen-bond donors (Lipinski definition) is 0. The predicted octanol–water partition coefficient (Wildman–Crippen LogP) is -0.598. The lowest BCUT2D eigenvalue weighted by Gasteiger charge is -2.17. The third-order valence-corrected chi connectivity index (χ3v) is 4.68. The molecular weight excluding hydrogens is 444 g/mol. The topological polar surface area (TPSA) is 131 Å². The van der Waals surface area contributed by atoms with Crippen LogP contribution in [0.15, 0.2) is 75.9 Å². The van der Waals surface area contributed by atoms with E-state index in [0.717, 1.165) is 22.7 Å². The highest BCUT2D eigenvalue weighted by Gasteiger charge is 2.30. The first kappa shape index (κ1) is 22.8. The number of fused-ring (bicyclic) bond motifs is 1. The van der Waals surface area contributed by atoms with Crippen LogP contribution in [-0.2, 0) is 0 Å². The molecule has 10 heteroatoms. The molecule has 0 saturated carbocycles. The normalized spacial score (nSPS) is 11.2. The van der Waals surface area contributed by atoms with Gasteiger partial charge < -0.3 is 4.42 Å². The lowest BCUT2D eigenvalue weighted by atomic mass is 10.1. The van der Waals surface area contributed by atoms with Gasteiger partial charge in [0.2, 0.25) is 0 Å². The SMILES string of the molecule is Cc1cc(C)c2c(=O)n(-c3ccccc3)c(=S)[n+](-c3ccccc3)c-2o1.[O-][Cl+3]([O-])([O-])[O-]. The van der Waals surface area contributed by atoms with E-state index in [1.165, 1.54) is 0 Å². The monoisotopic (exact) mass is 460 g/mol. The van der Waals surface area contributed by atoms with Crippen LogP contribution in [0.1, 0.15) is 11.3 Å². The van der Waals surface area contributed by atoms with Crippen LogP contribution in [0.2, 0.25) is 0 Å². The summed E-state index contributed by atoms with van der Waals surface area (Å²) < 4.78 is 43.7. The number of rotatable bonds is 2. The second kappa shape index (κ2) is 9.06. The molecule has 31 heavy (non-hydrogen) atoms. The van der Waals surface area contributed by atoms with Crippen molar-refractivity contribution in [1.82, 2.24) is 4.57 Å². The zero-order valence-corrected chi connectivity index (χ0v) is 18.1. The first-order chi connectivity index (χ1) is 14.6. The molecule has 0 bridgehead atoms. The Morgan fingerprint density at radius 3 is 2.00 bits per heavy atom. The quantitative estimate of drug-likeness (QED) is 0.288. The number of aromatic nitrogens is 2. The highest BCUT2D eigenvalue weighted by Crippen LogP contribution is 2.23. The van der Waals surface area contributed by atoms with Crippen LogP contribution in [0.5, 0.6) is 0 Å². The third-order valence-electron chi connectivity index (χ3n) is 4.32. The molecule has 2 aromatic rings. The fourth-order valence-electron chi connectivity index (χ4n) is 3.19. The molecule has 2 heterocycles. The Labute approximate surface area is 184 Å². The highest BCUT2D eigenvalue weighted by molar-refractivity contribution is 7.71. The van der Waals surface area contributed by atoms with Crippen LogP contribution < -0.4 is 28.8 Å². The molecule has 0 saturated heterocycles. The Hall–Kier alpha value is -2.92. The van der Waals surface area contributed by atoms with Crippen molar-refractivity contribution in [2.24, 2.45) is 0 Å². The third kappa shape index (κ3) is 5.23. The number of hydrogen-bond acceptors (Lipinski definition) is 7. The van der Waals surface area contributed by atoms with E-state index in [2.05, 4.69) is 0 Å². The van der Waals surface area contributed by atoms with Gasteiger partial charge in [0.25, 0.3) is 0 Å². The summed E-state index contributed by atoms with van der Waals surface area (Å²) in [5, 5.41) is 0. The van der Waals surface area contributed by atoms with Crippen molar-refractivity contribution in [3.8, 4) is 22.8 Å². The van der Waals surface area contributed by atoms with E-state index in [4.69, 9.17) is 35.3 Å². The zero-order valence-electron chi connectivity index (χ0n) is 16.5. The molecule has 4 rings (SSSR count). The Bertz CT molecular complexity index is 1280. The molecule has 0 fully saturated rings. The van der Waals surface area contributed by atoms with Crippen molar-refractivity contribution in [2.75, 3.05) is 0 Å². The Kier molecular flexibility index (Phi) is 6.65. The van der Waals surface area contributed by atoms with Crippen molar-refractivity contribution in [3.05, 3.63) is 93.2 Å². The number of nitrogens with zero attached hydrogens (tertiary/aromatic N) is 2. The van der Waals surface area contributed by atoms with Crippen molar-refractivity contribution >= 4 is 12.2 Å². The minimum absolute atomic E-state index is 0.176. The van der Waals surface area contributed by atoms with E-state index in [1.54, 1.807) is 4.57 Å². The van der Waals surface area contributed by atoms with E-state index >= 15 is 0 Å². The van der Waals surface area contributed by atoms with Gasteiger partial charge in [-0.05, 0) is 49.7 Å². The molecule has 0 N–H and O–H groups in total. The first-order valence-electron chi connectivity index (χ1n) is 8.92. The van der Waals surface area contributed by atoms with Crippen molar-refractivity contribution in [1.29, 1.82) is 0 Å². The van der Waals surface area contributed by atoms with Crippen molar-refractivity contribution in [2.45, 2.75) is 13.8 Å². The van der Waals surface area contributed by atoms with Gasteiger partial charge in [-0.25, -0.2) is 23.4 Å². The number of benzene rings is 2. The van der Waals surface area contributed by atoms with Gasteiger partial charge in [0, 0.05) is 12.2 Å². The van der Waals surface area contributed by atoms with Crippen LogP contribution in [0.3, 0.4) is 0 Å². The van der Waals surface area contributed by atoms with E-state index in [1.807, 2.05) is 85.1 Å². The van der Waals surface area contributed by atoms with E-state index in [0.29, 0.717) is 16.2 Å². The lowest BCUT2D eigenvalue weighted by Crippen LogP contribution is -2.68. The van der Waals surface area contributed by atoms with E-state index in [-0.39, 0.29) is 5.56 Å². The summed E-state index contributed by atoms with van der Waals surface area (Å²) in [6.45, 7) is 3.79. The predicted molar refractivity (Wildman–Crippen MR) is 103 cm³/mol. The van der Waals surface area contributed by atoms with Crippen molar-refractivity contribution in [3.63, 3.8) is 0 Å². The van der Waals surface area contributed by atoms with E-state index < -0.39 is 10.2 Å². The minimum atomic E-state index is -4.94. The van der Waals surface area contributed by atoms with Crippen molar-refractivity contribution < 1.29 is 37.9 Å². The Morgan fingerprint density at radius 2 is 1.45 bits per heavy atom.